The molecule has 0 atom stereocenters. The van der Waals surface area contributed by atoms with E-state index in [4.69, 9.17) is 5.11 Å². The summed E-state index contributed by atoms with van der Waals surface area (Å²) in [5, 5.41) is 7.98. The largest absolute Gasteiger partial charge is 0.477 e. The molecule has 0 saturated carbocycles. The number of hydrogen-bond donors (Lipinski definition) is 1. The molecule has 0 aliphatic carbocycles. The topological polar surface area (TPSA) is 37.3 Å². The lowest BCUT2D eigenvalue weighted by molar-refractivity contribution is 0.0688. The molecule has 0 saturated heterocycles. The van der Waals surface area contributed by atoms with E-state index in [0.717, 1.165) is 5.38 Å². The molecule has 0 aromatic carbocycles. The van der Waals surface area contributed by atoms with Crippen LogP contribution in [0.3, 0.4) is 0 Å². The van der Waals surface area contributed by atoms with Gasteiger partial charge < -0.3 is 5.11 Å². The van der Waals surface area contributed by atoms with E-state index < -0.39 is 22.5 Å². The Hall–Kier alpha value is -0.970. The second kappa shape index (κ2) is 2.34. The fourth-order valence-corrected chi connectivity index (χ4v) is 1.13. The van der Waals surface area contributed by atoms with Gasteiger partial charge in [-0.1, -0.05) is 0 Å². The third-order valence-electron chi connectivity index (χ3n) is 0.915. The first-order valence-electron chi connectivity index (χ1n) is 2.28. The van der Waals surface area contributed by atoms with E-state index in [2.05, 4.69) is 0 Å². The van der Waals surface area contributed by atoms with Crippen molar-refractivity contribution < 1.29 is 18.7 Å². The fourth-order valence-electron chi connectivity index (χ4n) is 0.501. The van der Waals surface area contributed by atoms with Crippen LogP contribution in [0.25, 0.3) is 0 Å². The minimum absolute atomic E-state index is 0.437. The third-order valence-corrected chi connectivity index (χ3v) is 1.65. The second-order valence-corrected chi connectivity index (χ2v) is 2.37. The van der Waals surface area contributed by atoms with Crippen molar-refractivity contribution in [1.29, 1.82) is 0 Å². The Balaban J connectivity index is 3.23. The molecule has 1 N–H and O–H groups in total. The summed E-state index contributed by atoms with van der Waals surface area (Å²) >= 11 is 0.437. The number of carbonyl (C=O) groups is 1. The van der Waals surface area contributed by atoms with Gasteiger partial charge in [-0.05, 0) is 0 Å². The van der Waals surface area contributed by atoms with E-state index in [9.17, 15) is 13.6 Å². The van der Waals surface area contributed by atoms with Crippen LogP contribution in [0.1, 0.15) is 10.4 Å². The first-order chi connectivity index (χ1) is 4.63. The van der Waals surface area contributed by atoms with Gasteiger partial charge in [0.2, 0.25) is 0 Å². The van der Waals surface area contributed by atoms with Gasteiger partial charge in [0.05, 0.1) is 0 Å². The second-order valence-electron chi connectivity index (χ2n) is 1.54. The van der Waals surface area contributed by atoms with Crippen molar-refractivity contribution in [2.24, 2.45) is 0 Å². The maximum atomic E-state index is 12.3. The first-order valence-corrected chi connectivity index (χ1v) is 3.16. The Kier molecular flexibility index (Phi) is 1.67. The van der Waals surface area contributed by atoms with Crippen molar-refractivity contribution >= 4 is 17.3 Å². The zero-order valence-electron chi connectivity index (χ0n) is 4.60. The maximum absolute atomic E-state index is 12.3. The number of carboxylic acid groups (broad SMARTS) is 1. The van der Waals surface area contributed by atoms with Crippen LogP contribution in [0.4, 0.5) is 8.78 Å². The van der Waals surface area contributed by atoms with E-state index in [-0.39, 0.29) is 0 Å². The summed E-state index contributed by atoms with van der Waals surface area (Å²) in [6.07, 6.45) is 0. The molecule has 54 valence electrons. The zero-order chi connectivity index (χ0) is 7.72. The lowest BCUT2D eigenvalue weighted by atomic mass is 10.3. The van der Waals surface area contributed by atoms with Crippen molar-refractivity contribution in [3.8, 4) is 0 Å². The minimum Gasteiger partial charge on any atom is -0.477 e. The molecule has 0 unspecified atom stereocenters. The molecule has 0 amide bonds. The molecule has 5 heteroatoms. The molecule has 10 heavy (non-hydrogen) atoms. The molecule has 0 radical (unpaired) electrons. The average Bonchev–Trinajstić information content (AvgIpc) is 2.11. The van der Waals surface area contributed by atoms with Gasteiger partial charge in [0.1, 0.15) is 5.56 Å². The summed E-state index contributed by atoms with van der Waals surface area (Å²) < 4.78 is 24.5. The molecule has 0 aliphatic heterocycles. The van der Waals surface area contributed by atoms with Crippen LogP contribution in [0.2, 0.25) is 0 Å². The van der Waals surface area contributed by atoms with Crippen LogP contribution in [-0.4, -0.2) is 11.1 Å². The maximum Gasteiger partial charge on any atom is 0.342 e. The molecule has 2 nitrogen and oxygen atoms in total. The molecule has 0 fully saturated rings. The summed E-state index contributed by atoms with van der Waals surface area (Å²) in [4.78, 5) is 10.0. The van der Waals surface area contributed by atoms with Crippen molar-refractivity contribution in [3.05, 3.63) is 21.9 Å². The Morgan fingerprint density at radius 1 is 1.60 bits per heavy atom. The summed E-state index contributed by atoms with van der Waals surface area (Å²) in [7, 11) is 0. The molecule has 0 spiro atoms. The quantitative estimate of drug-likeness (QED) is 0.686. The summed E-state index contributed by atoms with van der Waals surface area (Å²) in [5.41, 5.74) is -0.870. The lowest BCUT2D eigenvalue weighted by Crippen LogP contribution is -1.98. The van der Waals surface area contributed by atoms with E-state index in [1.54, 1.807) is 0 Å². The molecular weight excluding hydrogens is 162 g/mol. The number of carboxylic acids is 1. The van der Waals surface area contributed by atoms with E-state index >= 15 is 0 Å². The van der Waals surface area contributed by atoms with Gasteiger partial charge in [0.25, 0.3) is 0 Å². The average molecular weight is 164 g/mol. The molecule has 1 heterocycles. The van der Waals surface area contributed by atoms with E-state index in [0.29, 0.717) is 11.3 Å². The summed E-state index contributed by atoms with van der Waals surface area (Å²) in [6.45, 7) is 0. The zero-order valence-corrected chi connectivity index (χ0v) is 5.41. The number of rotatable bonds is 1. The van der Waals surface area contributed by atoms with Crippen LogP contribution in [0.5, 0.6) is 0 Å². The number of aromatic carboxylic acids is 1. The minimum atomic E-state index is -1.57. The monoisotopic (exact) mass is 164 g/mol. The SMILES string of the molecule is O=C(O)c1c(F)csc1F. The number of thiophene rings is 1. The standard InChI is InChI=1S/C5H2F2O2S/c6-2-1-10-4(7)3(2)5(8)9/h1H,(H,8,9). The van der Waals surface area contributed by atoms with Crippen LogP contribution in [0.15, 0.2) is 5.38 Å². The van der Waals surface area contributed by atoms with E-state index in [1.807, 2.05) is 0 Å². The lowest BCUT2D eigenvalue weighted by Gasteiger charge is -1.85. The molecule has 1 aromatic heterocycles. The van der Waals surface area contributed by atoms with Gasteiger partial charge in [0, 0.05) is 5.38 Å². The van der Waals surface area contributed by atoms with Gasteiger partial charge in [-0.2, -0.15) is 4.39 Å². The van der Waals surface area contributed by atoms with Gasteiger partial charge in [-0.25, -0.2) is 9.18 Å². The number of hydrogen-bond acceptors (Lipinski definition) is 2. The predicted octanol–water partition coefficient (Wildman–Crippen LogP) is 1.72. The van der Waals surface area contributed by atoms with Crippen LogP contribution in [-0.2, 0) is 0 Å². The third kappa shape index (κ3) is 0.995. The van der Waals surface area contributed by atoms with Gasteiger partial charge >= 0.3 is 5.97 Å². The van der Waals surface area contributed by atoms with Crippen LogP contribution in [0, 0.1) is 10.9 Å². The molecule has 1 aromatic rings. The fraction of sp³-hybridized carbons (Fsp3) is 0. The summed E-state index contributed by atoms with van der Waals surface area (Å²) in [6, 6.07) is 0. The van der Waals surface area contributed by atoms with Crippen molar-refractivity contribution in [3.63, 3.8) is 0 Å². The highest BCUT2D eigenvalue weighted by Gasteiger charge is 2.17. The van der Waals surface area contributed by atoms with Gasteiger partial charge in [-0.3, -0.25) is 0 Å². The van der Waals surface area contributed by atoms with Crippen molar-refractivity contribution in [2.75, 3.05) is 0 Å². The number of halogens is 2. The van der Waals surface area contributed by atoms with Crippen LogP contribution < -0.4 is 0 Å². The molecular formula is C5H2F2O2S. The highest BCUT2D eigenvalue weighted by Crippen LogP contribution is 2.18. The summed E-state index contributed by atoms with van der Waals surface area (Å²) in [5.74, 6) is -2.59. The molecule has 1 rings (SSSR count). The Bertz CT molecular complexity index is 249. The van der Waals surface area contributed by atoms with Crippen molar-refractivity contribution in [1.82, 2.24) is 0 Å². The Labute approximate surface area is 58.7 Å². The molecule has 0 bridgehead atoms. The smallest absolute Gasteiger partial charge is 0.342 e. The molecule has 0 aliphatic rings. The van der Waals surface area contributed by atoms with Crippen LogP contribution >= 0.6 is 11.3 Å². The van der Waals surface area contributed by atoms with Crippen molar-refractivity contribution in [2.45, 2.75) is 0 Å². The van der Waals surface area contributed by atoms with E-state index in [1.165, 1.54) is 0 Å². The Morgan fingerprint density at radius 2 is 2.20 bits per heavy atom. The van der Waals surface area contributed by atoms with Gasteiger partial charge in [-0.15, -0.1) is 11.3 Å². The normalized spacial score (nSPS) is 9.80. The highest BCUT2D eigenvalue weighted by molar-refractivity contribution is 7.08. The predicted molar refractivity (Wildman–Crippen MR) is 31.2 cm³/mol. The highest BCUT2D eigenvalue weighted by atomic mass is 32.1. The van der Waals surface area contributed by atoms with Gasteiger partial charge in [0.15, 0.2) is 10.9 Å². The Morgan fingerprint density at radius 3 is 2.40 bits per heavy atom. The first kappa shape index (κ1) is 7.14.